The molecule has 0 aliphatic rings. The van der Waals surface area contributed by atoms with E-state index in [4.69, 9.17) is 0 Å². The largest absolute Gasteiger partial charge is 0.347 e. The summed E-state index contributed by atoms with van der Waals surface area (Å²) in [7, 11) is 0. The van der Waals surface area contributed by atoms with Crippen LogP contribution in [0.15, 0.2) is 30.5 Å². The molecule has 1 aromatic heterocycles. The molecule has 1 aromatic carbocycles. The quantitative estimate of drug-likeness (QED) is 0.649. The van der Waals surface area contributed by atoms with Crippen molar-refractivity contribution in [2.24, 2.45) is 5.92 Å². The Morgan fingerprint density at radius 3 is 2.68 bits per heavy atom. The molecule has 0 spiro atoms. The summed E-state index contributed by atoms with van der Waals surface area (Å²) in [6, 6.07) is 7.03. The Morgan fingerprint density at radius 1 is 1.32 bits per heavy atom. The van der Waals surface area contributed by atoms with Gasteiger partial charge in [0.1, 0.15) is 0 Å². The van der Waals surface area contributed by atoms with Gasteiger partial charge in [-0.3, -0.25) is 10.1 Å². The van der Waals surface area contributed by atoms with Gasteiger partial charge in [-0.05, 0) is 30.9 Å². The van der Waals surface area contributed by atoms with Crippen LogP contribution in [0.3, 0.4) is 0 Å². The Balaban J connectivity index is 0.00000180. The van der Waals surface area contributed by atoms with E-state index in [1.54, 1.807) is 12.1 Å². The Hall–Kier alpha value is -1.88. The lowest BCUT2D eigenvalue weighted by molar-refractivity contribution is -0.384. The van der Waals surface area contributed by atoms with Gasteiger partial charge in [0.15, 0.2) is 0 Å². The van der Waals surface area contributed by atoms with Gasteiger partial charge in [-0.15, -0.1) is 0 Å². The average Bonchev–Trinajstić information content (AvgIpc) is 2.71. The molecule has 3 N–H and O–H groups in total. The van der Waals surface area contributed by atoms with Crippen molar-refractivity contribution >= 4 is 16.6 Å². The molecule has 2 aromatic rings. The number of nitro groups is 1. The van der Waals surface area contributed by atoms with E-state index in [9.17, 15) is 10.1 Å². The molecule has 0 saturated carbocycles. The number of aromatic nitrogens is 1. The molecule has 0 atom stereocenters. The molecule has 0 fully saturated rings. The summed E-state index contributed by atoms with van der Waals surface area (Å²) in [6.07, 6.45) is 4.29. The van der Waals surface area contributed by atoms with Crippen molar-refractivity contribution in [3.8, 4) is 0 Å². The molecule has 0 aliphatic carbocycles. The van der Waals surface area contributed by atoms with Gasteiger partial charge in [0, 0.05) is 30.3 Å². The summed E-state index contributed by atoms with van der Waals surface area (Å²) in [5, 5.41) is 11.8. The van der Waals surface area contributed by atoms with Gasteiger partial charge in [0.25, 0.3) is 5.69 Å². The number of fused-ring (bicyclic) bond motifs is 1. The summed E-state index contributed by atoms with van der Waals surface area (Å²) in [4.78, 5) is 10.4. The third-order valence-electron chi connectivity index (χ3n) is 3.15. The maximum Gasteiger partial charge on any atom is 0.271 e. The number of non-ortho nitro benzene ring substituents is 1. The summed E-state index contributed by atoms with van der Waals surface area (Å²) < 4.78 is 2.10. The second-order valence-electron chi connectivity index (χ2n) is 5.05. The molecule has 2 rings (SSSR count). The molecule has 0 saturated heterocycles. The minimum atomic E-state index is -0.342. The average molecular weight is 263 g/mol. The van der Waals surface area contributed by atoms with Gasteiger partial charge in [-0.1, -0.05) is 13.8 Å². The molecule has 0 unspecified atom stereocenters. The highest BCUT2D eigenvalue weighted by Gasteiger charge is 2.09. The van der Waals surface area contributed by atoms with Crippen LogP contribution in [0.4, 0.5) is 5.69 Å². The van der Waals surface area contributed by atoms with Gasteiger partial charge in [-0.25, -0.2) is 0 Å². The predicted octanol–water partition coefficient (Wildman–Crippen LogP) is 4.15. The maximum atomic E-state index is 10.8. The van der Waals surface area contributed by atoms with Crippen LogP contribution in [0.25, 0.3) is 10.9 Å². The van der Waals surface area contributed by atoms with E-state index >= 15 is 0 Å². The van der Waals surface area contributed by atoms with Crippen LogP contribution < -0.4 is 6.15 Å². The van der Waals surface area contributed by atoms with E-state index in [0.29, 0.717) is 5.92 Å². The zero-order valence-corrected chi connectivity index (χ0v) is 11.5. The first-order valence-corrected chi connectivity index (χ1v) is 6.31. The normalized spacial score (nSPS) is 10.7. The lowest BCUT2D eigenvalue weighted by Gasteiger charge is -2.07. The highest BCUT2D eigenvalue weighted by Crippen LogP contribution is 2.22. The van der Waals surface area contributed by atoms with Crippen molar-refractivity contribution in [3.63, 3.8) is 0 Å². The lowest BCUT2D eigenvalue weighted by atomic mass is 10.1. The standard InChI is InChI=1S/C14H18N2O2.H3N/c1-11(2)4-3-8-15-9-7-12-5-6-13(16(17)18)10-14(12)15;/h5-7,9-11H,3-4,8H2,1-2H3;1H3. The van der Waals surface area contributed by atoms with Gasteiger partial charge >= 0.3 is 0 Å². The van der Waals surface area contributed by atoms with E-state index in [-0.39, 0.29) is 16.8 Å². The number of nitrogens with zero attached hydrogens (tertiary/aromatic N) is 2. The fraction of sp³-hybridized carbons (Fsp3) is 0.429. The van der Waals surface area contributed by atoms with Gasteiger partial charge in [-0.2, -0.15) is 0 Å². The Bertz CT molecular complexity index is 561. The zero-order chi connectivity index (χ0) is 13.1. The number of hydrogen-bond acceptors (Lipinski definition) is 3. The molecule has 0 aliphatic heterocycles. The van der Waals surface area contributed by atoms with Crippen LogP contribution in [-0.4, -0.2) is 9.49 Å². The number of nitro benzene ring substituents is 1. The second kappa shape index (κ2) is 6.33. The fourth-order valence-electron chi connectivity index (χ4n) is 2.15. The molecule has 1 heterocycles. The molecule has 0 amide bonds. The van der Waals surface area contributed by atoms with Crippen molar-refractivity contribution in [1.82, 2.24) is 10.7 Å². The Morgan fingerprint density at radius 2 is 2.05 bits per heavy atom. The van der Waals surface area contributed by atoms with Gasteiger partial charge in [0.05, 0.1) is 10.4 Å². The number of aryl methyl sites for hydroxylation is 1. The van der Waals surface area contributed by atoms with E-state index in [1.807, 2.05) is 18.3 Å². The highest BCUT2D eigenvalue weighted by atomic mass is 16.6. The van der Waals surface area contributed by atoms with E-state index in [2.05, 4.69) is 18.4 Å². The molecular weight excluding hydrogens is 242 g/mol. The van der Waals surface area contributed by atoms with Crippen LogP contribution in [0.2, 0.25) is 0 Å². The first-order chi connectivity index (χ1) is 8.58. The SMILES string of the molecule is CC(C)CCCn1ccc2ccc([N+](=O)[O-])cc21.N. The zero-order valence-electron chi connectivity index (χ0n) is 11.5. The van der Waals surface area contributed by atoms with E-state index < -0.39 is 0 Å². The van der Waals surface area contributed by atoms with Crippen LogP contribution in [-0.2, 0) is 6.54 Å². The van der Waals surface area contributed by atoms with Crippen molar-refractivity contribution in [1.29, 1.82) is 0 Å². The third kappa shape index (κ3) is 3.54. The highest BCUT2D eigenvalue weighted by molar-refractivity contribution is 5.82. The van der Waals surface area contributed by atoms with Crippen molar-refractivity contribution in [2.75, 3.05) is 0 Å². The number of benzene rings is 1. The molecule has 5 heteroatoms. The van der Waals surface area contributed by atoms with Crippen LogP contribution >= 0.6 is 0 Å². The first-order valence-electron chi connectivity index (χ1n) is 6.31. The molecule has 104 valence electrons. The topological polar surface area (TPSA) is 83.1 Å². The smallest absolute Gasteiger partial charge is 0.271 e. The minimum absolute atomic E-state index is 0. The summed E-state index contributed by atoms with van der Waals surface area (Å²) in [6.45, 7) is 5.33. The van der Waals surface area contributed by atoms with Crippen molar-refractivity contribution in [2.45, 2.75) is 33.2 Å². The predicted molar refractivity (Wildman–Crippen MR) is 77.7 cm³/mol. The van der Waals surface area contributed by atoms with Crippen molar-refractivity contribution < 1.29 is 4.92 Å². The van der Waals surface area contributed by atoms with E-state index in [0.717, 1.165) is 23.9 Å². The lowest BCUT2D eigenvalue weighted by Crippen LogP contribution is -1.98. The van der Waals surface area contributed by atoms with Crippen LogP contribution in [0.1, 0.15) is 26.7 Å². The Kier molecular flexibility index (Phi) is 5.06. The molecular formula is C14H21N3O2. The molecule has 19 heavy (non-hydrogen) atoms. The summed E-state index contributed by atoms with van der Waals surface area (Å²) in [5.41, 5.74) is 1.11. The molecule has 0 radical (unpaired) electrons. The van der Waals surface area contributed by atoms with Gasteiger partial charge < -0.3 is 10.7 Å². The van der Waals surface area contributed by atoms with Gasteiger partial charge in [0.2, 0.25) is 0 Å². The number of hydrogen-bond donors (Lipinski definition) is 1. The van der Waals surface area contributed by atoms with Crippen molar-refractivity contribution in [3.05, 3.63) is 40.6 Å². The second-order valence-corrected chi connectivity index (χ2v) is 5.05. The fourth-order valence-corrected chi connectivity index (χ4v) is 2.15. The van der Waals surface area contributed by atoms with Crippen LogP contribution in [0.5, 0.6) is 0 Å². The monoisotopic (exact) mass is 263 g/mol. The summed E-state index contributed by atoms with van der Waals surface area (Å²) >= 11 is 0. The number of rotatable bonds is 5. The first kappa shape index (κ1) is 15.2. The minimum Gasteiger partial charge on any atom is -0.347 e. The molecule has 5 nitrogen and oxygen atoms in total. The van der Waals surface area contributed by atoms with Crippen LogP contribution in [0, 0.1) is 16.0 Å². The maximum absolute atomic E-state index is 10.8. The van der Waals surface area contributed by atoms with E-state index in [1.165, 1.54) is 6.42 Å². The Labute approximate surface area is 113 Å². The third-order valence-corrected chi connectivity index (χ3v) is 3.15. The summed E-state index contributed by atoms with van der Waals surface area (Å²) in [5.74, 6) is 0.696. The molecule has 0 bridgehead atoms.